The van der Waals surface area contributed by atoms with E-state index in [9.17, 15) is 22.4 Å². The van der Waals surface area contributed by atoms with E-state index in [1.165, 1.54) is 13.0 Å². The number of anilines is 1. The summed E-state index contributed by atoms with van der Waals surface area (Å²) in [6.07, 6.45) is -5.71. The van der Waals surface area contributed by atoms with Crippen LogP contribution < -0.4 is 11.1 Å². The molecule has 2 aromatic rings. The van der Waals surface area contributed by atoms with Crippen molar-refractivity contribution in [1.82, 2.24) is 9.97 Å². The molecule has 2 unspecified atom stereocenters. The van der Waals surface area contributed by atoms with Gasteiger partial charge in [-0.25, -0.2) is 15.0 Å². The summed E-state index contributed by atoms with van der Waals surface area (Å²) in [6, 6.07) is 3.38. The minimum absolute atomic E-state index is 0.0475. The first kappa shape index (κ1) is 22.2. The van der Waals surface area contributed by atoms with Crippen LogP contribution in [0.1, 0.15) is 35.0 Å². The number of amides is 1. The highest BCUT2D eigenvalue weighted by atomic mass is 35.5. The summed E-state index contributed by atoms with van der Waals surface area (Å²) in [5.74, 6) is -1.89. The topological polar surface area (TPSA) is 126 Å². The fourth-order valence-corrected chi connectivity index (χ4v) is 3.22. The predicted octanol–water partition coefficient (Wildman–Crippen LogP) is 3.27. The lowest BCUT2D eigenvalue weighted by atomic mass is 9.86. The minimum Gasteiger partial charge on any atom is -0.452 e. The second kappa shape index (κ2) is 7.99. The largest absolute Gasteiger partial charge is 0.452 e. The maximum absolute atomic E-state index is 14.4. The molecule has 31 heavy (non-hydrogen) atoms. The van der Waals surface area contributed by atoms with Crippen LogP contribution in [0.15, 0.2) is 29.5 Å². The lowest BCUT2D eigenvalue weighted by Crippen LogP contribution is -2.46. The molecule has 162 valence electrons. The molecule has 0 bridgehead atoms. The SMILES string of the molecule is CC1(c2cc(NC(=O)c3ncc(C#N)cc3Cl)cnc2F)CC(C(F)(F)F)OC(N)=N1. The van der Waals surface area contributed by atoms with Crippen LogP contribution in [0.3, 0.4) is 0 Å². The van der Waals surface area contributed by atoms with Crippen molar-refractivity contribution in [2.24, 2.45) is 10.7 Å². The minimum atomic E-state index is -4.75. The van der Waals surface area contributed by atoms with Crippen molar-refractivity contribution in [3.8, 4) is 6.07 Å². The molecular formula is C18H13ClF4N6O2. The molecule has 0 aliphatic carbocycles. The van der Waals surface area contributed by atoms with Gasteiger partial charge >= 0.3 is 6.18 Å². The van der Waals surface area contributed by atoms with Crippen LogP contribution in [-0.2, 0) is 10.3 Å². The number of nitriles is 1. The van der Waals surface area contributed by atoms with Gasteiger partial charge in [0, 0.05) is 18.2 Å². The van der Waals surface area contributed by atoms with Crippen molar-refractivity contribution < 1.29 is 27.1 Å². The van der Waals surface area contributed by atoms with Gasteiger partial charge in [-0.15, -0.1) is 0 Å². The average molecular weight is 457 g/mol. The summed E-state index contributed by atoms with van der Waals surface area (Å²) < 4.78 is 58.5. The average Bonchev–Trinajstić information content (AvgIpc) is 2.67. The zero-order chi connectivity index (χ0) is 23.0. The number of aromatic nitrogens is 2. The summed E-state index contributed by atoms with van der Waals surface area (Å²) >= 11 is 5.94. The summed E-state index contributed by atoms with van der Waals surface area (Å²) in [6.45, 7) is 1.24. The molecule has 3 N–H and O–H groups in total. The van der Waals surface area contributed by atoms with Crippen molar-refractivity contribution in [3.63, 3.8) is 0 Å². The van der Waals surface area contributed by atoms with Crippen molar-refractivity contribution in [2.75, 3.05) is 5.32 Å². The Kier molecular flexibility index (Phi) is 5.73. The summed E-state index contributed by atoms with van der Waals surface area (Å²) in [7, 11) is 0. The molecule has 0 spiro atoms. The third-order valence-electron chi connectivity index (χ3n) is 4.43. The third-order valence-corrected chi connectivity index (χ3v) is 4.72. The first-order valence-corrected chi connectivity index (χ1v) is 8.92. The number of nitrogens with two attached hydrogens (primary N) is 1. The number of hydrogen-bond donors (Lipinski definition) is 2. The number of aliphatic imine (C=N–C) groups is 1. The van der Waals surface area contributed by atoms with Crippen LogP contribution in [-0.4, -0.2) is 34.2 Å². The number of pyridine rings is 2. The molecule has 1 aliphatic heterocycles. The van der Waals surface area contributed by atoms with Crippen LogP contribution in [0.4, 0.5) is 23.2 Å². The van der Waals surface area contributed by atoms with Gasteiger partial charge in [0.25, 0.3) is 11.9 Å². The Hall–Kier alpha value is -3.46. The number of rotatable bonds is 3. The normalized spacial score (nSPS) is 20.9. The summed E-state index contributed by atoms with van der Waals surface area (Å²) in [4.78, 5) is 23.6. The summed E-state index contributed by atoms with van der Waals surface area (Å²) in [5.41, 5.74) is 3.17. The third kappa shape index (κ3) is 4.66. The van der Waals surface area contributed by atoms with E-state index in [1.807, 2.05) is 6.07 Å². The molecule has 13 heteroatoms. The Morgan fingerprint density at radius 3 is 2.71 bits per heavy atom. The van der Waals surface area contributed by atoms with E-state index in [-0.39, 0.29) is 27.5 Å². The molecule has 0 saturated carbocycles. The zero-order valence-corrected chi connectivity index (χ0v) is 16.4. The quantitative estimate of drug-likeness (QED) is 0.539. The van der Waals surface area contributed by atoms with E-state index in [4.69, 9.17) is 22.6 Å². The van der Waals surface area contributed by atoms with Gasteiger partial charge in [0.15, 0.2) is 6.10 Å². The molecule has 0 aromatic carbocycles. The van der Waals surface area contributed by atoms with E-state index in [0.29, 0.717) is 0 Å². The number of carbonyl (C=O) groups is 1. The van der Waals surface area contributed by atoms with Crippen LogP contribution in [0.5, 0.6) is 0 Å². The van der Waals surface area contributed by atoms with Gasteiger partial charge in [-0.1, -0.05) is 11.6 Å². The lowest BCUT2D eigenvalue weighted by Gasteiger charge is -2.35. The highest BCUT2D eigenvalue weighted by Gasteiger charge is 2.50. The molecule has 2 aromatic heterocycles. The highest BCUT2D eigenvalue weighted by Crippen LogP contribution is 2.41. The fraction of sp³-hybridized carbons (Fsp3) is 0.278. The van der Waals surface area contributed by atoms with Crippen LogP contribution in [0, 0.1) is 17.3 Å². The van der Waals surface area contributed by atoms with E-state index in [2.05, 4.69) is 25.0 Å². The zero-order valence-electron chi connectivity index (χ0n) is 15.7. The number of carbonyl (C=O) groups excluding carboxylic acids is 1. The second-order valence-corrected chi connectivity index (χ2v) is 7.17. The molecular weight excluding hydrogens is 444 g/mol. The first-order valence-electron chi connectivity index (χ1n) is 8.54. The number of nitrogens with zero attached hydrogens (tertiary/aromatic N) is 4. The Balaban J connectivity index is 1.93. The number of alkyl halides is 3. The number of halogens is 5. The smallest absolute Gasteiger partial charge is 0.425 e. The molecule has 8 nitrogen and oxygen atoms in total. The van der Waals surface area contributed by atoms with E-state index in [1.54, 1.807) is 0 Å². The fourth-order valence-electron chi connectivity index (χ4n) is 2.97. The number of nitrogens with one attached hydrogen (secondary N) is 1. The van der Waals surface area contributed by atoms with Crippen molar-refractivity contribution in [2.45, 2.75) is 31.2 Å². The number of amidine groups is 1. The molecule has 1 amide bonds. The molecule has 2 atom stereocenters. The van der Waals surface area contributed by atoms with Gasteiger partial charge in [0.2, 0.25) is 5.95 Å². The molecule has 0 saturated heterocycles. The van der Waals surface area contributed by atoms with Gasteiger partial charge in [-0.05, 0) is 19.1 Å². The molecule has 1 aliphatic rings. The van der Waals surface area contributed by atoms with Gasteiger partial charge in [0.1, 0.15) is 11.8 Å². The van der Waals surface area contributed by atoms with Crippen molar-refractivity contribution >= 4 is 29.2 Å². The van der Waals surface area contributed by atoms with E-state index in [0.717, 1.165) is 18.5 Å². The van der Waals surface area contributed by atoms with E-state index < -0.39 is 42.1 Å². The van der Waals surface area contributed by atoms with Crippen molar-refractivity contribution in [3.05, 3.63) is 52.3 Å². The van der Waals surface area contributed by atoms with Gasteiger partial charge < -0.3 is 15.8 Å². The van der Waals surface area contributed by atoms with Crippen LogP contribution in [0.25, 0.3) is 0 Å². The Morgan fingerprint density at radius 2 is 2.10 bits per heavy atom. The summed E-state index contributed by atoms with van der Waals surface area (Å²) in [5, 5.41) is 11.1. The second-order valence-electron chi connectivity index (χ2n) is 6.76. The van der Waals surface area contributed by atoms with Gasteiger partial charge in [0.05, 0.1) is 28.0 Å². The van der Waals surface area contributed by atoms with Crippen LogP contribution >= 0.6 is 11.6 Å². The number of hydrogen-bond acceptors (Lipinski definition) is 7. The molecule has 3 rings (SSSR count). The Bertz CT molecular complexity index is 1120. The lowest BCUT2D eigenvalue weighted by molar-refractivity contribution is -0.208. The molecule has 3 heterocycles. The van der Waals surface area contributed by atoms with Gasteiger partial charge in [-0.3, -0.25) is 4.79 Å². The Labute approximate surface area is 177 Å². The molecule has 0 fully saturated rings. The first-order chi connectivity index (χ1) is 14.4. The standard InChI is InChI=1S/C18H13ClF4N6O2/c1-17(4-12(18(21,22)23)31-16(25)29-17)10-3-9(7-27-14(10)20)28-15(30)13-11(19)2-8(5-24)6-26-13/h2-3,6-7,12H,4H2,1H3,(H2,25,29)(H,28,30). The maximum atomic E-state index is 14.4. The number of ether oxygens (including phenoxy) is 1. The highest BCUT2D eigenvalue weighted by molar-refractivity contribution is 6.34. The molecule has 0 radical (unpaired) electrons. The maximum Gasteiger partial charge on any atom is 0.425 e. The van der Waals surface area contributed by atoms with Crippen molar-refractivity contribution in [1.29, 1.82) is 5.26 Å². The van der Waals surface area contributed by atoms with E-state index >= 15 is 0 Å². The van der Waals surface area contributed by atoms with Crippen LogP contribution in [0.2, 0.25) is 5.02 Å². The predicted molar refractivity (Wildman–Crippen MR) is 101 cm³/mol. The monoisotopic (exact) mass is 456 g/mol. The van der Waals surface area contributed by atoms with Gasteiger partial charge in [-0.2, -0.15) is 22.8 Å². The Morgan fingerprint density at radius 1 is 1.39 bits per heavy atom.